The third kappa shape index (κ3) is 5.84. The van der Waals surface area contributed by atoms with E-state index in [0.717, 1.165) is 16.7 Å². The summed E-state index contributed by atoms with van der Waals surface area (Å²) in [5.74, 6) is -0.427. The number of ether oxygens (including phenoxy) is 2. The predicted molar refractivity (Wildman–Crippen MR) is 166 cm³/mol. The molecule has 0 bridgehead atoms. The highest BCUT2D eigenvalue weighted by atomic mass is 16.6. The molecule has 0 saturated carbocycles. The van der Waals surface area contributed by atoms with Crippen molar-refractivity contribution in [3.63, 3.8) is 0 Å². The molecule has 9 heteroatoms. The summed E-state index contributed by atoms with van der Waals surface area (Å²) < 4.78 is 12.8. The Kier molecular flexibility index (Phi) is 8.87. The summed E-state index contributed by atoms with van der Waals surface area (Å²) in [5.41, 5.74) is -0.0508. The van der Waals surface area contributed by atoms with Gasteiger partial charge in [-0.25, -0.2) is 14.5 Å². The number of aliphatic hydroxyl groups is 1. The number of nitrogens with zero attached hydrogens (tertiary/aromatic N) is 4. The highest BCUT2D eigenvalue weighted by molar-refractivity contribution is 5.78. The van der Waals surface area contributed by atoms with Gasteiger partial charge in [0.05, 0.1) is 6.61 Å². The van der Waals surface area contributed by atoms with E-state index in [0.29, 0.717) is 0 Å². The molecule has 3 aromatic carbocycles. The Bertz CT molecular complexity index is 1450. The minimum atomic E-state index is -1.37. The number of amides is 1. The van der Waals surface area contributed by atoms with Crippen LogP contribution in [0.1, 0.15) is 69.2 Å². The van der Waals surface area contributed by atoms with Crippen LogP contribution in [-0.2, 0) is 19.8 Å². The molecule has 0 radical (unpaired) electrons. The Morgan fingerprint density at radius 1 is 0.864 bits per heavy atom. The second-order valence-electron chi connectivity index (χ2n) is 12.1. The molecule has 5 rings (SSSR count). The Hall–Kier alpha value is -4.50. The van der Waals surface area contributed by atoms with Crippen LogP contribution < -0.4 is 0 Å². The van der Waals surface area contributed by atoms with Crippen molar-refractivity contribution in [2.75, 3.05) is 19.7 Å². The fraction of sp³-hybridized carbons (Fsp3) is 0.371. The van der Waals surface area contributed by atoms with E-state index in [1.165, 1.54) is 0 Å². The van der Waals surface area contributed by atoms with Crippen LogP contribution in [0.4, 0.5) is 4.79 Å². The van der Waals surface area contributed by atoms with Gasteiger partial charge >= 0.3 is 12.1 Å². The summed E-state index contributed by atoms with van der Waals surface area (Å²) in [6.07, 6.45) is 0.123. The summed E-state index contributed by atoms with van der Waals surface area (Å²) >= 11 is 0. The Morgan fingerprint density at radius 3 is 1.77 bits per heavy atom. The number of piperidine rings is 1. The minimum Gasteiger partial charge on any atom is -0.465 e. The van der Waals surface area contributed by atoms with Crippen molar-refractivity contribution in [3.8, 4) is 0 Å². The molecular weight excluding hydrogens is 556 g/mol. The van der Waals surface area contributed by atoms with E-state index in [2.05, 4.69) is 4.98 Å². The second kappa shape index (κ2) is 12.6. The maximum Gasteiger partial charge on any atom is 0.410 e. The van der Waals surface area contributed by atoms with Crippen LogP contribution in [-0.4, -0.2) is 62.1 Å². The summed E-state index contributed by atoms with van der Waals surface area (Å²) in [6.45, 7) is 7.75. The summed E-state index contributed by atoms with van der Waals surface area (Å²) in [5, 5.41) is 16.8. The highest BCUT2D eigenvalue weighted by Crippen LogP contribution is 2.45. The van der Waals surface area contributed by atoms with Crippen LogP contribution >= 0.6 is 0 Å². The van der Waals surface area contributed by atoms with Gasteiger partial charge in [0.25, 0.3) is 0 Å². The van der Waals surface area contributed by atoms with Crippen molar-refractivity contribution in [3.05, 3.63) is 120 Å². The molecule has 0 spiro atoms. The van der Waals surface area contributed by atoms with Crippen LogP contribution in [0.2, 0.25) is 0 Å². The molecule has 2 heterocycles. The van der Waals surface area contributed by atoms with Crippen LogP contribution in [0.25, 0.3) is 0 Å². The molecule has 9 nitrogen and oxygen atoms in total. The molecular formula is C35H40N4O5. The van der Waals surface area contributed by atoms with Gasteiger partial charge in [-0.2, -0.15) is 5.10 Å². The normalized spacial score (nSPS) is 15.8. The average Bonchev–Trinajstić information content (AvgIpc) is 3.52. The first-order valence-electron chi connectivity index (χ1n) is 15.0. The lowest BCUT2D eigenvalue weighted by atomic mass is 9.73. The monoisotopic (exact) mass is 596 g/mol. The van der Waals surface area contributed by atoms with E-state index in [9.17, 15) is 14.7 Å². The number of benzene rings is 3. The van der Waals surface area contributed by atoms with Crippen LogP contribution in [0, 0.1) is 5.41 Å². The van der Waals surface area contributed by atoms with Gasteiger partial charge in [-0.05, 0) is 57.2 Å². The topological polar surface area (TPSA) is 107 Å². The Balaban J connectivity index is 1.57. The zero-order valence-corrected chi connectivity index (χ0v) is 25.7. The third-order valence-corrected chi connectivity index (χ3v) is 8.19. The summed E-state index contributed by atoms with van der Waals surface area (Å²) in [6, 6.07) is 30.1. The number of carbonyl (C=O) groups is 2. The van der Waals surface area contributed by atoms with Crippen molar-refractivity contribution >= 4 is 12.1 Å². The molecule has 1 aliphatic heterocycles. The fourth-order valence-corrected chi connectivity index (χ4v) is 6.02. The van der Waals surface area contributed by atoms with E-state index in [-0.39, 0.29) is 38.4 Å². The van der Waals surface area contributed by atoms with Gasteiger partial charge in [-0.15, -0.1) is 0 Å². The van der Waals surface area contributed by atoms with Crippen molar-refractivity contribution in [1.29, 1.82) is 0 Å². The molecule has 0 aliphatic carbocycles. The first-order valence-corrected chi connectivity index (χ1v) is 15.0. The number of aromatic nitrogens is 3. The number of esters is 1. The minimum absolute atomic E-state index is 0.107. The lowest BCUT2D eigenvalue weighted by Crippen LogP contribution is -2.51. The number of hydrogen-bond donors (Lipinski definition) is 1. The molecule has 4 aromatic rings. The number of carbonyl (C=O) groups excluding carboxylic acids is 2. The maximum atomic E-state index is 13.5. The third-order valence-electron chi connectivity index (χ3n) is 8.19. The molecule has 1 aliphatic rings. The quantitative estimate of drug-likeness (QED) is 0.204. The first kappa shape index (κ1) is 30.9. The Morgan fingerprint density at radius 2 is 1.34 bits per heavy atom. The van der Waals surface area contributed by atoms with Gasteiger partial charge in [-0.3, -0.25) is 4.79 Å². The van der Waals surface area contributed by atoms with Crippen LogP contribution in [0.5, 0.6) is 0 Å². The second-order valence-corrected chi connectivity index (χ2v) is 12.1. The molecule has 1 amide bonds. The molecule has 44 heavy (non-hydrogen) atoms. The fourth-order valence-electron chi connectivity index (χ4n) is 6.02. The number of rotatable bonds is 8. The van der Waals surface area contributed by atoms with Gasteiger partial charge in [-0.1, -0.05) is 91.0 Å². The SMILES string of the molecule is CCOC(=O)C1(C(O)c2ncn(C(c3ccccc3)(c3ccccc3)c3ccccc3)n2)CCN(C(=O)OC(C)(C)C)CC1. The predicted octanol–water partition coefficient (Wildman–Crippen LogP) is 5.73. The van der Waals surface area contributed by atoms with E-state index < -0.39 is 34.7 Å². The van der Waals surface area contributed by atoms with Crippen LogP contribution in [0.15, 0.2) is 97.3 Å². The standard InChI is InChI=1S/C35H40N4O5/c1-5-43-31(41)34(21-23-38(24-22-34)32(42)44-33(2,3)4)29(40)30-36-25-39(37-30)35(26-15-9-6-10-16-26,27-17-11-7-12-18-27)28-19-13-8-14-20-28/h6-20,25,29,40H,5,21-24H2,1-4H3. The van der Waals surface area contributed by atoms with Crippen molar-refractivity contribution in [1.82, 2.24) is 19.7 Å². The van der Waals surface area contributed by atoms with Gasteiger partial charge in [0.2, 0.25) is 0 Å². The van der Waals surface area contributed by atoms with Gasteiger partial charge in [0.15, 0.2) is 5.82 Å². The zero-order chi connectivity index (χ0) is 31.4. The molecule has 230 valence electrons. The van der Waals surface area contributed by atoms with Gasteiger partial charge < -0.3 is 19.5 Å². The number of hydrogen-bond acceptors (Lipinski definition) is 7. The average molecular weight is 597 g/mol. The lowest BCUT2D eigenvalue weighted by Gasteiger charge is -2.41. The largest absolute Gasteiger partial charge is 0.465 e. The van der Waals surface area contributed by atoms with E-state index in [1.807, 2.05) is 112 Å². The first-order chi connectivity index (χ1) is 21.1. The van der Waals surface area contributed by atoms with E-state index in [4.69, 9.17) is 14.6 Å². The number of likely N-dealkylation sites (tertiary alicyclic amines) is 1. The summed E-state index contributed by atoms with van der Waals surface area (Å²) in [4.78, 5) is 32.5. The maximum absolute atomic E-state index is 13.5. The summed E-state index contributed by atoms with van der Waals surface area (Å²) in [7, 11) is 0. The van der Waals surface area contributed by atoms with Crippen molar-refractivity contribution < 1.29 is 24.2 Å². The van der Waals surface area contributed by atoms with Crippen LogP contribution in [0.3, 0.4) is 0 Å². The molecule has 1 fully saturated rings. The molecule has 1 N–H and O–H groups in total. The molecule has 1 unspecified atom stereocenters. The van der Waals surface area contributed by atoms with Gasteiger partial charge in [0, 0.05) is 13.1 Å². The smallest absolute Gasteiger partial charge is 0.410 e. The lowest BCUT2D eigenvalue weighted by molar-refractivity contribution is -0.169. The highest BCUT2D eigenvalue weighted by Gasteiger charge is 2.52. The van der Waals surface area contributed by atoms with E-state index >= 15 is 0 Å². The van der Waals surface area contributed by atoms with Crippen molar-refractivity contribution in [2.45, 2.75) is 57.8 Å². The van der Waals surface area contributed by atoms with E-state index in [1.54, 1.807) is 22.8 Å². The zero-order valence-electron chi connectivity index (χ0n) is 25.7. The molecule has 1 atom stereocenters. The van der Waals surface area contributed by atoms with Gasteiger partial charge in [0.1, 0.15) is 29.0 Å². The Labute approximate surface area is 258 Å². The number of aliphatic hydroxyl groups excluding tert-OH is 1. The van der Waals surface area contributed by atoms with Crippen molar-refractivity contribution in [2.24, 2.45) is 5.41 Å². The molecule has 1 aromatic heterocycles. The molecule has 1 saturated heterocycles.